The molecule has 0 radical (unpaired) electrons. The maximum atomic E-state index is 12.9. The van der Waals surface area contributed by atoms with Crippen LogP contribution in [0.4, 0.5) is 17.6 Å². The monoisotopic (exact) mass is 224 g/mol. The fourth-order valence-electron chi connectivity index (χ4n) is 0.865. The Hall–Kier alpha value is -1.04. The molecule has 0 saturated carbocycles. The van der Waals surface area contributed by atoms with E-state index in [-0.39, 0.29) is 6.07 Å². The van der Waals surface area contributed by atoms with Gasteiger partial charge in [-0.15, -0.1) is 12.6 Å². The highest BCUT2D eigenvalue weighted by Crippen LogP contribution is 2.30. The SMILES string of the molecule is O=C(S)c1ccc(C(F)(F)F)cc1F. The quantitative estimate of drug-likeness (QED) is 0.573. The van der Waals surface area contributed by atoms with Crippen molar-refractivity contribution in [3.05, 3.63) is 35.1 Å². The van der Waals surface area contributed by atoms with Gasteiger partial charge in [-0.1, -0.05) is 0 Å². The molecule has 76 valence electrons. The molecule has 0 bridgehead atoms. The lowest BCUT2D eigenvalue weighted by atomic mass is 10.1. The second-order valence-corrected chi connectivity index (χ2v) is 2.90. The van der Waals surface area contributed by atoms with Gasteiger partial charge in [0.05, 0.1) is 11.1 Å². The predicted molar refractivity (Wildman–Crippen MR) is 44.7 cm³/mol. The molecule has 0 heterocycles. The van der Waals surface area contributed by atoms with Gasteiger partial charge < -0.3 is 0 Å². The summed E-state index contributed by atoms with van der Waals surface area (Å²) in [7, 11) is 0. The summed E-state index contributed by atoms with van der Waals surface area (Å²) in [6.45, 7) is 0. The van der Waals surface area contributed by atoms with E-state index in [2.05, 4.69) is 12.6 Å². The standard InChI is InChI=1S/C8H4F4OS/c9-6-3-4(8(10,11)12)1-2-5(6)7(13)14/h1-3H,(H,13,14). The molecule has 0 spiro atoms. The highest BCUT2D eigenvalue weighted by atomic mass is 32.1. The van der Waals surface area contributed by atoms with Crippen molar-refractivity contribution in [2.75, 3.05) is 0 Å². The van der Waals surface area contributed by atoms with E-state index in [1.807, 2.05) is 0 Å². The minimum absolute atomic E-state index is 0.267. The molecule has 1 aromatic carbocycles. The number of halogens is 4. The first-order chi connectivity index (χ1) is 6.32. The molecule has 0 N–H and O–H groups in total. The lowest BCUT2D eigenvalue weighted by Crippen LogP contribution is -2.06. The molecular weight excluding hydrogens is 220 g/mol. The predicted octanol–water partition coefficient (Wildman–Crippen LogP) is 2.91. The van der Waals surface area contributed by atoms with Crippen molar-refractivity contribution in [2.24, 2.45) is 0 Å². The summed E-state index contributed by atoms with van der Waals surface area (Å²) < 4.78 is 49.0. The fraction of sp³-hybridized carbons (Fsp3) is 0.125. The van der Waals surface area contributed by atoms with Crippen LogP contribution in [0, 0.1) is 5.82 Å². The zero-order valence-electron chi connectivity index (χ0n) is 6.60. The molecule has 0 atom stereocenters. The highest BCUT2D eigenvalue weighted by molar-refractivity contribution is 7.97. The summed E-state index contributed by atoms with van der Waals surface area (Å²) in [6.07, 6.45) is -4.61. The van der Waals surface area contributed by atoms with E-state index in [9.17, 15) is 22.4 Å². The van der Waals surface area contributed by atoms with E-state index >= 15 is 0 Å². The van der Waals surface area contributed by atoms with Crippen LogP contribution in [-0.2, 0) is 6.18 Å². The summed E-state index contributed by atoms with van der Waals surface area (Å²) in [5.74, 6) is -1.22. The van der Waals surface area contributed by atoms with Crippen LogP contribution in [0.3, 0.4) is 0 Å². The minimum Gasteiger partial charge on any atom is -0.282 e. The molecule has 0 saturated heterocycles. The molecule has 6 heteroatoms. The summed E-state index contributed by atoms with van der Waals surface area (Å²) in [6, 6.07) is 1.66. The van der Waals surface area contributed by atoms with Crippen LogP contribution in [0.25, 0.3) is 0 Å². The molecule has 14 heavy (non-hydrogen) atoms. The van der Waals surface area contributed by atoms with Crippen molar-refractivity contribution in [1.29, 1.82) is 0 Å². The van der Waals surface area contributed by atoms with Crippen molar-refractivity contribution in [3.63, 3.8) is 0 Å². The summed E-state index contributed by atoms with van der Waals surface area (Å²) in [4.78, 5) is 10.6. The van der Waals surface area contributed by atoms with Gasteiger partial charge in [-0.05, 0) is 18.2 Å². The number of thiol groups is 1. The number of benzene rings is 1. The molecular formula is C8H4F4OS. The second kappa shape index (κ2) is 3.61. The largest absolute Gasteiger partial charge is 0.416 e. The van der Waals surface area contributed by atoms with E-state index in [1.165, 1.54) is 0 Å². The van der Waals surface area contributed by atoms with Crippen LogP contribution in [0.5, 0.6) is 0 Å². The zero-order valence-corrected chi connectivity index (χ0v) is 7.49. The van der Waals surface area contributed by atoms with Gasteiger partial charge in [0.25, 0.3) is 0 Å². The number of hydrogen-bond acceptors (Lipinski definition) is 1. The van der Waals surface area contributed by atoms with Crippen molar-refractivity contribution in [3.8, 4) is 0 Å². The first kappa shape index (κ1) is 11.0. The van der Waals surface area contributed by atoms with Gasteiger partial charge in [0.2, 0.25) is 5.12 Å². The number of rotatable bonds is 1. The Morgan fingerprint density at radius 1 is 1.29 bits per heavy atom. The molecule has 0 fully saturated rings. The number of carbonyl (C=O) groups is 1. The van der Waals surface area contributed by atoms with Crippen LogP contribution in [0.15, 0.2) is 18.2 Å². The van der Waals surface area contributed by atoms with Crippen molar-refractivity contribution >= 4 is 17.7 Å². The number of carbonyl (C=O) groups excluding carboxylic acids is 1. The van der Waals surface area contributed by atoms with Crippen LogP contribution < -0.4 is 0 Å². The number of hydrogen-bond donors (Lipinski definition) is 1. The van der Waals surface area contributed by atoms with Crippen molar-refractivity contribution in [1.82, 2.24) is 0 Å². The normalized spacial score (nSPS) is 11.5. The topological polar surface area (TPSA) is 17.1 Å². The maximum Gasteiger partial charge on any atom is 0.416 e. The minimum atomic E-state index is -4.61. The Morgan fingerprint density at radius 2 is 1.86 bits per heavy atom. The maximum absolute atomic E-state index is 12.9. The molecule has 0 aromatic heterocycles. The average Bonchev–Trinajstić information content (AvgIpc) is 2.01. The van der Waals surface area contributed by atoms with E-state index in [0.717, 1.165) is 6.07 Å². The van der Waals surface area contributed by atoms with Gasteiger partial charge in [-0.2, -0.15) is 13.2 Å². The highest BCUT2D eigenvalue weighted by Gasteiger charge is 2.31. The summed E-state index contributed by atoms with van der Waals surface area (Å²) in [5.41, 5.74) is -1.60. The molecule has 0 amide bonds. The molecule has 1 rings (SSSR count). The van der Waals surface area contributed by atoms with Crippen LogP contribution in [-0.4, -0.2) is 5.12 Å². The van der Waals surface area contributed by atoms with Crippen LogP contribution in [0.2, 0.25) is 0 Å². The first-order valence-electron chi connectivity index (χ1n) is 3.42. The van der Waals surface area contributed by atoms with Crippen molar-refractivity contribution < 1.29 is 22.4 Å². The van der Waals surface area contributed by atoms with Gasteiger partial charge in [0, 0.05) is 0 Å². The Morgan fingerprint density at radius 3 is 2.21 bits per heavy atom. The second-order valence-electron chi connectivity index (χ2n) is 2.50. The third-order valence-electron chi connectivity index (χ3n) is 1.53. The Bertz CT molecular complexity index is 372. The molecule has 0 aliphatic heterocycles. The van der Waals surface area contributed by atoms with Gasteiger partial charge in [-0.25, -0.2) is 4.39 Å². The molecule has 1 aromatic rings. The van der Waals surface area contributed by atoms with E-state index in [4.69, 9.17) is 0 Å². The van der Waals surface area contributed by atoms with Gasteiger partial charge in [0.15, 0.2) is 0 Å². The van der Waals surface area contributed by atoms with E-state index in [1.54, 1.807) is 0 Å². The van der Waals surface area contributed by atoms with Gasteiger partial charge in [-0.3, -0.25) is 4.79 Å². The zero-order chi connectivity index (χ0) is 10.9. The van der Waals surface area contributed by atoms with E-state index in [0.29, 0.717) is 6.07 Å². The van der Waals surface area contributed by atoms with Crippen molar-refractivity contribution in [2.45, 2.75) is 6.18 Å². The Balaban J connectivity index is 3.20. The number of alkyl halides is 3. The average molecular weight is 224 g/mol. The fourth-order valence-corrected chi connectivity index (χ4v) is 1.05. The summed E-state index contributed by atoms with van der Waals surface area (Å²) in [5, 5.41) is -0.906. The molecule has 1 nitrogen and oxygen atoms in total. The smallest absolute Gasteiger partial charge is 0.282 e. The van der Waals surface area contributed by atoms with E-state index < -0.39 is 28.2 Å². The lowest BCUT2D eigenvalue weighted by Gasteiger charge is -2.07. The summed E-state index contributed by atoms with van der Waals surface area (Å²) >= 11 is 3.30. The van der Waals surface area contributed by atoms with Gasteiger partial charge in [0.1, 0.15) is 5.82 Å². The first-order valence-corrected chi connectivity index (χ1v) is 3.87. The Labute approximate surface area is 82.1 Å². The van der Waals surface area contributed by atoms with Crippen LogP contribution >= 0.6 is 12.6 Å². The third kappa shape index (κ3) is 2.25. The molecule has 0 unspecified atom stereocenters. The lowest BCUT2D eigenvalue weighted by molar-refractivity contribution is -0.137. The Kier molecular flexibility index (Phi) is 2.84. The third-order valence-corrected chi connectivity index (χ3v) is 1.77. The van der Waals surface area contributed by atoms with Crippen LogP contribution in [0.1, 0.15) is 15.9 Å². The van der Waals surface area contributed by atoms with Gasteiger partial charge >= 0.3 is 6.18 Å². The molecule has 0 aliphatic rings. The molecule has 0 aliphatic carbocycles.